The number of nitrogens with zero attached hydrogens (tertiary/aromatic N) is 3. The topological polar surface area (TPSA) is 62.6 Å². The van der Waals surface area contributed by atoms with Gasteiger partial charge in [0.05, 0.1) is 21.2 Å². The van der Waals surface area contributed by atoms with E-state index in [4.69, 9.17) is 0 Å². The van der Waals surface area contributed by atoms with E-state index >= 15 is 0 Å². The lowest BCUT2D eigenvalue weighted by atomic mass is 9.96. The third kappa shape index (κ3) is 4.59. The minimum absolute atomic E-state index is 0.0222. The molecule has 0 unspecified atom stereocenters. The summed E-state index contributed by atoms with van der Waals surface area (Å²) in [5.41, 5.74) is 3.18. The summed E-state index contributed by atoms with van der Waals surface area (Å²) in [6, 6.07) is 25.9. The lowest BCUT2D eigenvalue weighted by Gasteiger charge is -2.39. The minimum Gasteiger partial charge on any atom is -0.296 e. The van der Waals surface area contributed by atoms with Gasteiger partial charge in [0.25, 0.3) is 0 Å². The van der Waals surface area contributed by atoms with Gasteiger partial charge in [-0.2, -0.15) is 4.31 Å². The van der Waals surface area contributed by atoms with E-state index in [9.17, 15) is 13.2 Å². The standard InChI is InChI=1S/C27H29N3O3S2/c1-20(2)30-24-14-13-23(19-25(24)34-27(30)31)35(32,33)29-17-15-28(16-18-29)26(21-9-5-3-6-10-21)22-11-7-4-8-12-22/h3-14,19-20,26H,15-18H2,1-2H3. The summed E-state index contributed by atoms with van der Waals surface area (Å²) >= 11 is 1.10. The molecule has 1 saturated heterocycles. The average molecular weight is 508 g/mol. The average Bonchev–Trinajstić information content (AvgIpc) is 3.21. The van der Waals surface area contributed by atoms with Crippen molar-refractivity contribution in [3.63, 3.8) is 0 Å². The number of benzene rings is 3. The van der Waals surface area contributed by atoms with Gasteiger partial charge in [-0.25, -0.2) is 8.42 Å². The van der Waals surface area contributed by atoms with Crippen molar-refractivity contribution in [3.8, 4) is 0 Å². The molecule has 0 atom stereocenters. The van der Waals surface area contributed by atoms with E-state index < -0.39 is 10.0 Å². The van der Waals surface area contributed by atoms with Crippen molar-refractivity contribution in [2.45, 2.75) is 30.8 Å². The molecule has 0 bridgehead atoms. The molecule has 5 rings (SSSR count). The van der Waals surface area contributed by atoms with Gasteiger partial charge in [0, 0.05) is 32.2 Å². The number of hydrogen-bond donors (Lipinski definition) is 0. The van der Waals surface area contributed by atoms with Crippen LogP contribution in [-0.2, 0) is 10.0 Å². The lowest BCUT2D eigenvalue weighted by molar-refractivity contribution is 0.156. The Morgan fingerprint density at radius 2 is 1.37 bits per heavy atom. The van der Waals surface area contributed by atoms with Gasteiger partial charge in [0.2, 0.25) is 10.0 Å². The maximum atomic E-state index is 13.5. The molecule has 1 aromatic heterocycles. The minimum atomic E-state index is -3.65. The van der Waals surface area contributed by atoms with Crippen LogP contribution in [0, 0.1) is 0 Å². The van der Waals surface area contributed by atoms with Crippen LogP contribution in [0.2, 0.25) is 0 Å². The number of thiazole rings is 1. The largest absolute Gasteiger partial charge is 0.308 e. The van der Waals surface area contributed by atoms with Crippen LogP contribution in [-0.4, -0.2) is 48.4 Å². The lowest BCUT2D eigenvalue weighted by Crippen LogP contribution is -2.49. The first kappa shape index (κ1) is 23.9. The molecule has 0 spiro atoms. The van der Waals surface area contributed by atoms with Gasteiger partial charge in [0.15, 0.2) is 0 Å². The van der Waals surface area contributed by atoms with E-state index in [1.807, 2.05) is 50.2 Å². The third-order valence-electron chi connectivity index (χ3n) is 6.61. The molecule has 0 N–H and O–H groups in total. The molecule has 35 heavy (non-hydrogen) atoms. The van der Waals surface area contributed by atoms with Gasteiger partial charge < -0.3 is 0 Å². The smallest absolute Gasteiger partial charge is 0.296 e. The fourth-order valence-corrected chi connectivity index (χ4v) is 7.48. The first-order valence-electron chi connectivity index (χ1n) is 11.9. The van der Waals surface area contributed by atoms with E-state index in [1.54, 1.807) is 27.1 Å². The van der Waals surface area contributed by atoms with Crippen LogP contribution in [0.3, 0.4) is 0 Å². The molecule has 0 amide bonds. The molecule has 0 radical (unpaired) electrons. The van der Waals surface area contributed by atoms with Crippen LogP contribution in [0.15, 0.2) is 88.6 Å². The molecular formula is C27H29N3O3S2. The van der Waals surface area contributed by atoms with Gasteiger partial charge in [-0.05, 0) is 43.2 Å². The van der Waals surface area contributed by atoms with E-state index in [1.165, 1.54) is 11.1 Å². The number of sulfonamides is 1. The normalized spacial score (nSPS) is 15.9. The summed E-state index contributed by atoms with van der Waals surface area (Å²) in [5, 5.41) is 0. The van der Waals surface area contributed by atoms with Gasteiger partial charge in [0.1, 0.15) is 0 Å². The Morgan fingerprint density at radius 1 is 0.800 bits per heavy atom. The second kappa shape index (κ2) is 9.70. The number of fused-ring (bicyclic) bond motifs is 1. The summed E-state index contributed by atoms with van der Waals surface area (Å²) in [5.74, 6) is 0. The Bertz CT molecular complexity index is 1430. The zero-order chi connectivity index (χ0) is 24.6. The fourth-order valence-electron chi connectivity index (χ4n) is 4.90. The van der Waals surface area contributed by atoms with Gasteiger partial charge in [-0.3, -0.25) is 14.3 Å². The van der Waals surface area contributed by atoms with E-state index in [0.29, 0.717) is 30.9 Å². The Morgan fingerprint density at radius 3 is 1.91 bits per heavy atom. The van der Waals surface area contributed by atoms with Gasteiger partial charge in [-0.1, -0.05) is 72.0 Å². The molecule has 6 nitrogen and oxygen atoms in total. The van der Waals surface area contributed by atoms with E-state index in [0.717, 1.165) is 16.9 Å². The highest BCUT2D eigenvalue weighted by Gasteiger charge is 2.32. The molecule has 2 heterocycles. The molecular weight excluding hydrogens is 478 g/mol. The first-order chi connectivity index (χ1) is 16.9. The first-order valence-corrected chi connectivity index (χ1v) is 14.1. The van der Waals surface area contributed by atoms with Crippen molar-refractivity contribution in [2.24, 2.45) is 0 Å². The van der Waals surface area contributed by atoms with Crippen LogP contribution in [0.25, 0.3) is 10.2 Å². The second-order valence-electron chi connectivity index (χ2n) is 9.13. The van der Waals surface area contributed by atoms with Gasteiger partial charge in [-0.15, -0.1) is 0 Å². The van der Waals surface area contributed by atoms with E-state index in [-0.39, 0.29) is 21.9 Å². The van der Waals surface area contributed by atoms with Crippen molar-refractivity contribution in [2.75, 3.05) is 26.2 Å². The SMILES string of the molecule is CC(C)n1c(=O)sc2cc(S(=O)(=O)N3CCN(C(c4ccccc4)c4ccccc4)CC3)ccc21. The summed E-state index contributed by atoms with van der Waals surface area (Å²) in [6.45, 7) is 6.01. The van der Waals surface area contributed by atoms with Crippen molar-refractivity contribution < 1.29 is 8.42 Å². The number of piperazine rings is 1. The maximum Gasteiger partial charge on any atom is 0.308 e. The predicted molar refractivity (Wildman–Crippen MR) is 142 cm³/mol. The highest BCUT2D eigenvalue weighted by Crippen LogP contribution is 2.31. The van der Waals surface area contributed by atoms with Gasteiger partial charge >= 0.3 is 4.87 Å². The fraction of sp³-hybridized carbons (Fsp3) is 0.296. The number of aromatic nitrogens is 1. The second-order valence-corrected chi connectivity index (χ2v) is 12.1. The van der Waals surface area contributed by atoms with Crippen LogP contribution in [0.4, 0.5) is 0 Å². The molecule has 3 aromatic carbocycles. The number of rotatable bonds is 6. The van der Waals surface area contributed by atoms with Crippen LogP contribution >= 0.6 is 11.3 Å². The summed E-state index contributed by atoms with van der Waals surface area (Å²) in [7, 11) is -3.65. The van der Waals surface area contributed by atoms with Crippen LogP contribution < -0.4 is 4.87 Å². The number of hydrogen-bond acceptors (Lipinski definition) is 5. The summed E-state index contributed by atoms with van der Waals surface area (Å²) < 4.78 is 31.0. The molecule has 0 aliphatic carbocycles. The van der Waals surface area contributed by atoms with Crippen LogP contribution in [0.1, 0.15) is 37.1 Å². The molecule has 4 aromatic rings. The Kier molecular flexibility index (Phi) is 6.63. The molecule has 0 saturated carbocycles. The van der Waals surface area contributed by atoms with E-state index in [2.05, 4.69) is 29.2 Å². The zero-order valence-electron chi connectivity index (χ0n) is 19.9. The molecule has 1 aliphatic heterocycles. The maximum absolute atomic E-state index is 13.5. The van der Waals surface area contributed by atoms with Crippen molar-refractivity contribution in [3.05, 3.63) is 99.7 Å². The Balaban J connectivity index is 1.39. The zero-order valence-corrected chi connectivity index (χ0v) is 21.5. The van der Waals surface area contributed by atoms with Crippen molar-refractivity contribution in [1.82, 2.24) is 13.8 Å². The predicted octanol–water partition coefficient (Wildman–Crippen LogP) is 4.74. The van der Waals surface area contributed by atoms with Crippen molar-refractivity contribution in [1.29, 1.82) is 0 Å². The molecule has 1 fully saturated rings. The highest BCUT2D eigenvalue weighted by atomic mass is 32.2. The monoisotopic (exact) mass is 507 g/mol. The summed E-state index contributed by atoms with van der Waals surface area (Å²) in [6.07, 6.45) is 0. The van der Waals surface area contributed by atoms with Crippen LogP contribution in [0.5, 0.6) is 0 Å². The Hall–Kier alpha value is -2.78. The third-order valence-corrected chi connectivity index (χ3v) is 9.42. The molecule has 1 aliphatic rings. The molecule has 8 heteroatoms. The quantitative estimate of drug-likeness (QED) is 0.378. The Labute approximate surface area is 210 Å². The van der Waals surface area contributed by atoms with Crippen molar-refractivity contribution >= 4 is 31.6 Å². The summed E-state index contributed by atoms with van der Waals surface area (Å²) in [4.78, 5) is 14.9. The molecule has 182 valence electrons. The highest BCUT2D eigenvalue weighted by molar-refractivity contribution is 7.89.